The molecule has 2 heterocycles. The molecule has 5 rings (SSSR count). The fraction of sp³-hybridized carbons (Fsp3) is 0.219. The van der Waals surface area contributed by atoms with E-state index in [-0.39, 0.29) is 29.4 Å². The number of carbonyl (C=O) groups is 2. The van der Waals surface area contributed by atoms with E-state index in [1.165, 1.54) is 18.1 Å². The molecule has 0 aliphatic carbocycles. The summed E-state index contributed by atoms with van der Waals surface area (Å²) >= 11 is 0. The fourth-order valence-electron chi connectivity index (χ4n) is 4.96. The number of ether oxygens (including phenoxy) is 2. The molecule has 0 radical (unpaired) electrons. The van der Waals surface area contributed by atoms with Crippen molar-refractivity contribution in [3.63, 3.8) is 0 Å². The predicted octanol–water partition coefficient (Wildman–Crippen LogP) is 5.00. The van der Waals surface area contributed by atoms with E-state index in [0.29, 0.717) is 36.4 Å². The van der Waals surface area contributed by atoms with Crippen LogP contribution >= 0.6 is 0 Å². The molecule has 1 amide bonds. The van der Waals surface area contributed by atoms with Crippen molar-refractivity contribution in [3.8, 4) is 17.2 Å². The second kappa shape index (κ2) is 12.0. The van der Waals surface area contributed by atoms with Crippen molar-refractivity contribution in [2.24, 2.45) is 0 Å². The number of carbonyl (C=O) groups excluding carboxylic acids is 2. The highest BCUT2D eigenvalue weighted by atomic mass is 16.5. The molecule has 1 aromatic heterocycles. The maximum absolute atomic E-state index is 13.4. The molecule has 9 nitrogen and oxygen atoms in total. The molecule has 1 aliphatic heterocycles. The van der Waals surface area contributed by atoms with Gasteiger partial charge in [0.1, 0.15) is 18.1 Å². The van der Waals surface area contributed by atoms with Crippen molar-refractivity contribution in [3.05, 3.63) is 113 Å². The molecule has 1 fully saturated rings. The highest BCUT2D eigenvalue weighted by Crippen LogP contribution is 2.42. The molecule has 0 spiro atoms. The molecule has 210 valence electrons. The highest BCUT2D eigenvalue weighted by Gasteiger charge is 2.46. The first kappa shape index (κ1) is 27.5. The minimum Gasteiger partial charge on any atom is -0.507 e. The van der Waals surface area contributed by atoms with Crippen molar-refractivity contribution < 1.29 is 29.3 Å². The molecule has 1 atom stereocenters. The number of aromatic nitrogens is 2. The standard InChI is InChI=1S/C32H31N3O6/c1-21-6-3-4-7-24(21)19-41-25-11-8-22(9-12-25)30(37)28-29(23-10-13-26(36)27(18-23)40-2)35(32(39)31(28)38)16-5-15-34-17-14-33-20-34/h3-4,6-14,17-18,20,29,36-37H,5,15-16,19H2,1-2H3/b30-28+. The molecule has 0 saturated carbocycles. The summed E-state index contributed by atoms with van der Waals surface area (Å²) in [6.07, 6.45) is 5.74. The Hall–Kier alpha value is -5.05. The van der Waals surface area contributed by atoms with Crippen LogP contribution in [0.15, 0.2) is 91.0 Å². The van der Waals surface area contributed by atoms with E-state index < -0.39 is 17.7 Å². The van der Waals surface area contributed by atoms with Gasteiger partial charge in [0, 0.05) is 31.0 Å². The summed E-state index contributed by atoms with van der Waals surface area (Å²) in [5.74, 6) is -1.04. The number of phenols is 1. The number of hydrogen-bond acceptors (Lipinski definition) is 7. The maximum Gasteiger partial charge on any atom is 0.295 e. The Labute approximate surface area is 237 Å². The van der Waals surface area contributed by atoms with Gasteiger partial charge in [0.2, 0.25) is 0 Å². The quantitative estimate of drug-likeness (QED) is 0.161. The van der Waals surface area contributed by atoms with Crippen LogP contribution < -0.4 is 9.47 Å². The van der Waals surface area contributed by atoms with Crippen LogP contribution in [0, 0.1) is 6.92 Å². The van der Waals surface area contributed by atoms with Crippen LogP contribution in [0.5, 0.6) is 17.2 Å². The molecule has 1 saturated heterocycles. The molecule has 4 aromatic rings. The predicted molar refractivity (Wildman–Crippen MR) is 152 cm³/mol. The number of aryl methyl sites for hydroxylation is 2. The molecule has 1 aliphatic rings. The van der Waals surface area contributed by atoms with E-state index in [0.717, 1.165) is 11.1 Å². The van der Waals surface area contributed by atoms with Crippen molar-refractivity contribution >= 4 is 17.4 Å². The monoisotopic (exact) mass is 553 g/mol. The third-order valence-corrected chi connectivity index (χ3v) is 7.22. The van der Waals surface area contributed by atoms with E-state index in [9.17, 15) is 19.8 Å². The van der Waals surface area contributed by atoms with E-state index in [4.69, 9.17) is 9.47 Å². The number of nitrogens with zero attached hydrogens (tertiary/aromatic N) is 3. The largest absolute Gasteiger partial charge is 0.507 e. The van der Waals surface area contributed by atoms with Crippen LogP contribution in [-0.4, -0.2) is 50.0 Å². The topological polar surface area (TPSA) is 114 Å². The molecular formula is C32H31N3O6. The maximum atomic E-state index is 13.4. The summed E-state index contributed by atoms with van der Waals surface area (Å²) in [5.41, 5.74) is 3.07. The number of benzene rings is 3. The van der Waals surface area contributed by atoms with Gasteiger partial charge in [-0.15, -0.1) is 0 Å². The van der Waals surface area contributed by atoms with Crippen LogP contribution in [0.4, 0.5) is 0 Å². The van der Waals surface area contributed by atoms with Gasteiger partial charge in [0.05, 0.1) is 25.1 Å². The number of Topliss-reactive ketones (excluding diaryl/α,β-unsaturated/α-hetero) is 1. The number of aliphatic hydroxyl groups excluding tert-OH is 1. The van der Waals surface area contributed by atoms with Gasteiger partial charge in [-0.2, -0.15) is 0 Å². The number of aliphatic hydroxyl groups is 1. The zero-order chi connectivity index (χ0) is 28.9. The van der Waals surface area contributed by atoms with Crippen molar-refractivity contribution in [2.75, 3.05) is 13.7 Å². The van der Waals surface area contributed by atoms with Crippen LogP contribution in [0.2, 0.25) is 0 Å². The Balaban J connectivity index is 1.45. The highest BCUT2D eigenvalue weighted by molar-refractivity contribution is 6.46. The number of hydrogen-bond donors (Lipinski definition) is 2. The van der Waals surface area contributed by atoms with Crippen molar-refractivity contribution in [1.82, 2.24) is 14.5 Å². The lowest BCUT2D eigenvalue weighted by Gasteiger charge is -2.26. The molecule has 2 N–H and O–H groups in total. The molecular weight excluding hydrogens is 522 g/mol. The van der Waals surface area contributed by atoms with Gasteiger partial charge in [0.25, 0.3) is 11.7 Å². The number of rotatable bonds is 10. The van der Waals surface area contributed by atoms with Gasteiger partial charge < -0.3 is 29.2 Å². The van der Waals surface area contributed by atoms with Gasteiger partial charge in [-0.1, -0.05) is 30.3 Å². The number of imidazole rings is 1. The van der Waals surface area contributed by atoms with E-state index in [2.05, 4.69) is 4.98 Å². The molecule has 3 aromatic carbocycles. The molecule has 9 heteroatoms. The zero-order valence-electron chi connectivity index (χ0n) is 22.9. The zero-order valence-corrected chi connectivity index (χ0v) is 22.9. The fourth-order valence-corrected chi connectivity index (χ4v) is 4.96. The van der Waals surface area contributed by atoms with Gasteiger partial charge >= 0.3 is 0 Å². The summed E-state index contributed by atoms with van der Waals surface area (Å²) in [7, 11) is 1.42. The van der Waals surface area contributed by atoms with E-state index in [1.54, 1.807) is 48.9 Å². The number of amides is 1. The first-order valence-electron chi connectivity index (χ1n) is 13.3. The third-order valence-electron chi connectivity index (χ3n) is 7.22. The van der Waals surface area contributed by atoms with E-state index in [1.807, 2.05) is 42.0 Å². The summed E-state index contributed by atoms with van der Waals surface area (Å²) in [4.78, 5) is 32.1. The Bertz CT molecular complexity index is 1580. The van der Waals surface area contributed by atoms with Crippen molar-refractivity contribution in [2.45, 2.75) is 32.5 Å². The minimum atomic E-state index is -0.871. The summed E-state index contributed by atoms with van der Waals surface area (Å²) < 4.78 is 13.1. The average Bonchev–Trinajstić information content (AvgIpc) is 3.59. The van der Waals surface area contributed by atoms with Gasteiger partial charge in [-0.05, 0) is 66.4 Å². The van der Waals surface area contributed by atoms with Gasteiger partial charge in [-0.25, -0.2) is 4.98 Å². The second-order valence-electron chi connectivity index (χ2n) is 9.82. The number of methoxy groups -OCH3 is 1. The Kier molecular flexibility index (Phi) is 8.05. The van der Waals surface area contributed by atoms with Gasteiger partial charge in [0.15, 0.2) is 11.5 Å². The van der Waals surface area contributed by atoms with Crippen molar-refractivity contribution in [1.29, 1.82) is 0 Å². The lowest BCUT2D eigenvalue weighted by atomic mass is 9.95. The van der Waals surface area contributed by atoms with Gasteiger partial charge in [-0.3, -0.25) is 9.59 Å². The average molecular weight is 554 g/mol. The number of ketones is 1. The molecule has 0 bridgehead atoms. The van der Waals surface area contributed by atoms with Crippen LogP contribution in [0.3, 0.4) is 0 Å². The molecule has 41 heavy (non-hydrogen) atoms. The SMILES string of the molecule is COc1cc(C2/C(=C(\O)c3ccc(OCc4ccccc4C)cc3)C(=O)C(=O)N2CCCn2ccnc2)ccc1O. The second-order valence-corrected chi connectivity index (χ2v) is 9.82. The summed E-state index contributed by atoms with van der Waals surface area (Å²) in [6.45, 7) is 3.27. The first-order valence-corrected chi connectivity index (χ1v) is 13.3. The lowest BCUT2D eigenvalue weighted by Crippen LogP contribution is -2.31. The number of phenolic OH excluding ortho intramolecular Hbond substituents is 1. The lowest BCUT2D eigenvalue weighted by molar-refractivity contribution is -0.139. The smallest absolute Gasteiger partial charge is 0.295 e. The summed E-state index contributed by atoms with van der Waals surface area (Å²) in [6, 6.07) is 18.5. The van der Waals surface area contributed by atoms with E-state index >= 15 is 0 Å². The Morgan fingerprint density at radius 3 is 2.51 bits per heavy atom. The minimum absolute atomic E-state index is 0.0287. The first-order chi connectivity index (χ1) is 19.9. The number of likely N-dealkylation sites (tertiary alicyclic amines) is 1. The molecule has 1 unspecified atom stereocenters. The third kappa shape index (κ3) is 5.79. The van der Waals surface area contributed by atoms with Crippen LogP contribution in [0.25, 0.3) is 5.76 Å². The Morgan fingerprint density at radius 1 is 1.02 bits per heavy atom. The van der Waals surface area contributed by atoms with Crippen LogP contribution in [-0.2, 0) is 22.7 Å². The summed E-state index contributed by atoms with van der Waals surface area (Å²) in [5, 5.41) is 21.5. The number of aromatic hydroxyl groups is 1. The van der Waals surface area contributed by atoms with Crippen LogP contribution in [0.1, 0.15) is 34.7 Å². The normalized spacial score (nSPS) is 16.2. The Morgan fingerprint density at radius 2 is 1.80 bits per heavy atom.